The van der Waals surface area contributed by atoms with E-state index in [-0.39, 0.29) is 11.9 Å². The second-order valence-corrected chi connectivity index (χ2v) is 5.26. The van der Waals surface area contributed by atoms with Crippen LogP contribution in [0.1, 0.15) is 16.1 Å². The van der Waals surface area contributed by atoms with Crippen molar-refractivity contribution in [3.63, 3.8) is 0 Å². The number of carbonyl (C=O) groups is 2. The molecular formula is C17H18N4O2. The first-order valence-electron chi connectivity index (χ1n) is 7.57. The van der Waals surface area contributed by atoms with Crippen LogP contribution in [-0.4, -0.2) is 36.6 Å². The molecule has 6 nitrogen and oxygen atoms in total. The highest BCUT2D eigenvalue weighted by Crippen LogP contribution is 2.18. The third kappa shape index (κ3) is 3.66. The minimum atomic E-state index is -0.151. The molecule has 1 fully saturated rings. The van der Waals surface area contributed by atoms with Gasteiger partial charge in [-0.05, 0) is 30.3 Å². The van der Waals surface area contributed by atoms with Crippen LogP contribution in [0.2, 0.25) is 0 Å². The Labute approximate surface area is 134 Å². The first kappa shape index (κ1) is 15.0. The lowest BCUT2D eigenvalue weighted by atomic mass is 10.1. The quantitative estimate of drug-likeness (QED) is 0.880. The van der Waals surface area contributed by atoms with E-state index in [1.165, 1.54) is 0 Å². The Morgan fingerprint density at radius 3 is 2.91 bits per heavy atom. The topological polar surface area (TPSA) is 74.3 Å². The monoisotopic (exact) mass is 310 g/mol. The second kappa shape index (κ2) is 6.91. The van der Waals surface area contributed by atoms with Crippen molar-refractivity contribution in [3.8, 4) is 0 Å². The lowest BCUT2D eigenvalue weighted by Gasteiger charge is -2.15. The second-order valence-electron chi connectivity index (χ2n) is 5.26. The fourth-order valence-corrected chi connectivity index (χ4v) is 2.49. The Bertz CT molecular complexity index is 703. The van der Waals surface area contributed by atoms with E-state index in [9.17, 15) is 9.59 Å². The highest BCUT2D eigenvalue weighted by atomic mass is 16.2. The minimum absolute atomic E-state index is 0.127. The molecule has 1 aromatic heterocycles. The van der Waals surface area contributed by atoms with Crippen LogP contribution in [-0.2, 0) is 6.42 Å². The molecule has 0 saturated carbocycles. The van der Waals surface area contributed by atoms with Gasteiger partial charge in [0.25, 0.3) is 5.91 Å². The van der Waals surface area contributed by atoms with Gasteiger partial charge in [-0.15, -0.1) is 0 Å². The zero-order valence-electron chi connectivity index (χ0n) is 12.7. The first-order chi connectivity index (χ1) is 11.2. The Balaban J connectivity index is 1.60. The third-order valence-electron chi connectivity index (χ3n) is 3.67. The van der Waals surface area contributed by atoms with Gasteiger partial charge in [-0.1, -0.05) is 12.1 Å². The molecule has 2 aromatic rings. The average molecular weight is 310 g/mol. The maximum Gasteiger partial charge on any atom is 0.321 e. The van der Waals surface area contributed by atoms with Crippen molar-refractivity contribution in [2.24, 2.45) is 0 Å². The van der Waals surface area contributed by atoms with Crippen LogP contribution < -0.4 is 15.5 Å². The predicted molar refractivity (Wildman–Crippen MR) is 87.5 cm³/mol. The van der Waals surface area contributed by atoms with Gasteiger partial charge in [0.05, 0.1) is 0 Å². The Morgan fingerprint density at radius 2 is 2.17 bits per heavy atom. The Kier molecular flexibility index (Phi) is 4.52. The number of pyridine rings is 1. The number of carbonyl (C=O) groups excluding carboxylic acids is 2. The third-order valence-corrected chi connectivity index (χ3v) is 3.67. The molecule has 3 amide bonds. The van der Waals surface area contributed by atoms with Gasteiger partial charge in [-0.25, -0.2) is 4.79 Å². The number of hydrogen-bond donors (Lipinski definition) is 2. The van der Waals surface area contributed by atoms with Crippen LogP contribution in [0.5, 0.6) is 0 Å². The highest BCUT2D eigenvalue weighted by Gasteiger charge is 2.21. The Hall–Kier alpha value is -2.89. The van der Waals surface area contributed by atoms with Crippen molar-refractivity contribution in [3.05, 3.63) is 59.9 Å². The van der Waals surface area contributed by atoms with Gasteiger partial charge in [0.2, 0.25) is 0 Å². The van der Waals surface area contributed by atoms with E-state index in [1.54, 1.807) is 29.3 Å². The van der Waals surface area contributed by atoms with E-state index in [0.29, 0.717) is 31.6 Å². The molecule has 0 spiro atoms. The molecule has 2 heterocycles. The molecule has 1 aliphatic heterocycles. The van der Waals surface area contributed by atoms with Crippen molar-refractivity contribution in [1.82, 2.24) is 15.6 Å². The van der Waals surface area contributed by atoms with Crippen LogP contribution in [0.4, 0.5) is 10.5 Å². The van der Waals surface area contributed by atoms with E-state index in [2.05, 4.69) is 15.6 Å². The van der Waals surface area contributed by atoms with Gasteiger partial charge in [0, 0.05) is 49.2 Å². The molecule has 1 aromatic carbocycles. The fourth-order valence-electron chi connectivity index (χ4n) is 2.49. The molecule has 23 heavy (non-hydrogen) atoms. The summed E-state index contributed by atoms with van der Waals surface area (Å²) in [5.41, 5.74) is 2.22. The standard InChI is InChI=1S/C17H18N4O2/c22-16(19-9-7-14-5-1-2-8-18-14)13-4-3-6-15(12-13)21-11-10-20-17(21)23/h1-6,8,12H,7,9-11H2,(H,19,22)(H,20,23). The van der Waals surface area contributed by atoms with E-state index < -0.39 is 0 Å². The van der Waals surface area contributed by atoms with Crippen LogP contribution in [0.15, 0.2) is 48.7 Å². The molecule has 1 saturated heterocycles. The summed E-state index contributed by atoms with van der Waals surface area (Å²) in [6.07, 6.45) is 2.42. The summed E-state index contributed by atoms with van der Waals surface area (Å²) in [6.45, 7) is 1.76. The van der Waals surface area contributed by atoms with Gasteiger partial charge >= 0.3 is 6.03 Å². The number of nitrogens with zero attached hydrogens (tertiary/aromatic N) is 2. The summed E-state index contributed by atoms with van der Waals surface area (Å²) in [7, 11) is 0. The number of amides is 3. The van der Waals surface area contributed by atoms with Crippen LogP contribution >= 0.6 is 0 Å². The molecule has 3 rings (SSSR count). The number of hydrogen-bond acceptors (Lipinski definition) is 3. The maximum atomic E-state index is 12.2. The zero-order chi connectivity index (χ0) is 16.1. The summed E-state index contributed by atoms with van der Waals surface area (Å²) in [5, 5.41) is 5.63. The number of aromatic nitrogens is 1. The molecule has 0 radical (unpaired) electrons. The van der Waals surface area contributed by atoms with E-state index in [1.807, 2.05) is 24.3 Å². The van der Waals surface area contributed by atoms with Crippen LogP contribution in [0.3, 0.4) is 0 Å². The van der Waals surface area contributed by atoms with Gasteiger partial charge in [0.1, 0.15) is 0 Å². The van der Waals surface area contributed by atoms with Gasteiger partial charge in [0.15, 0.2) is 0 Å². The average Bonchev–Trinajstić information content (AvgIpc) is 3.02. The van der Waals surface area contributed by atoms with Crippen molar-refractivity contribution >= 4 is 17.6 Å². The van der Waals surface area contributed by atoms with Gasteiger partial charge < -0.3 is 10.6 Å². The lowest BCUT2D eigenvalue weighted by Crippen LogP contribution is -2.29. The van der Waals surface area contributed by atoms with Gasteiger partial charge in [-0.2, -0.15) is 0 Å². The largest absolute Gasteiger partial charge is 0.352 e. The summed E-state index contributed by atoms with van der Waals surface area (Å²) in [4.78, 5) is 29.8. The van der Waals surface area contributed by atoms with Gasteiger partial charge in [-0.3, -0.25) is 14.7 Å². The minimum Gasteiger partial charge on any atom is -0.352 e. The number of rotatable bonds is 5. The zero-order valence-corrected chi connectivity index (χ0v) is 12.7. The molecule has 118 valence electrons. The van der Waals surface area contributed by atoms with Crippen molar-refractivity contribution < 1.29 is 9.59 Å². The number of benzene rings is 1. The SMILES string of the molecule is O=C(NCCc1ccccn1)c1cccc(N2CCNC2=O)c1. The first-order valence-corrected chi connectivity index (χ1v) is 7.57. The maximum absolute atomic E-state index is 12.2. The summed E-state index contributed by atoms with van der Waals surface area (Å²) < 4.78 is 0. The van der Waals surface area contributed by atoms with Crippen LogP contribution in [0.25, 0.3) is 0 Å². The number of nitrogens with one attached hydrogen (secondary N) is 2. The molecule has 0 unspecified atom stereocenters. The van der Waals surface area contributed by atoms with Crippen LogP contribution in [0, 0.1) is 0 Å². The molecule has 1 aliphatic rings. The summed E-state index contributed by atoms with van der Waals surface area (Å²) in [6, 6.07) is 12.7. The smallest absolute Gasteiger partial charge is 0.321 e. The Morgan fingerprint density at radius 1 is 1.26 bits per heavy atom. The van der Waals surface area contributed by atoms with E-state index >= 15 is 0 Å². The lowest BCUT2D eigenvalue weighted by molar-refractivity contribution is 0.0954. The summed E-state index contributed by atoms with van der Waals surface area (Å²) >= 11 is 0. The normalized spacial score (nSPS) is 13.7. The highest BCUT2D eigenvalue weighted by molar-refractivity contribution is 5.98. The molecule has 6 heteroatoms. The van der Waals surface area contributed by atoms with E-state index in [0.717, 1.165) is 11.4 Å². The van der Waals surface area contributed by atoms with Crippen molar-refractivity contribution in [2.75, 3.05) is 24.5 Å². The molecule has 2 N–H and O–H groups in total. The molecule has 0 aliphatic carbocycles. The fraction of sp³-hybridized carbons (Fsp3) is 0.235. The molecule has 0 atom stereocenters. The van der Waals surface area contributed by atoms with E-state index in [4.69, 9.17) is 0 Å². The molecule has 0 bridgehead atoms. The number of anilines is 1. The van der Waals surface area contributed by atoms with Crippen molar-refractivity contribution in [2.45, 2.75) is 6.42 Å². The number of urea groups is 1. The predicted octanol–water partition coefficient (Wildman–Crippen LogP) is 1.58. The van der Waals surface area contributed by atoms with Crippen molar-refractivity contribution in [1.29, 1.82) is 0 Å². The molecular weight excluding hydrogens is 292 g/mol. The summed E-state index contributed by atoms with van der Waals surface area (Å²) in [5.74, 6) is -0.151.